The lowest BCUT2D eigenvalue weighted by Gasteiger charge is -2.07. The molecule has 0 bridgehead atoms. The van der Waals surface area contributed by atoms with Crippen molar-refractivity contribution in [3.63, 3.8) is 0 Å². The number of amides is 2. The molecule has 0 aromatic carbocycles. The molecule has 0 unspecified atom stereocenters. The number of nitrogens with two attached hydrogens (primary N) is 1. The van der Waals surface area contributed by atoms with Crippen LogP contribution in [0.1, 0.15) is 53.4 Å². The summed E-state index contributed by atoms with van der Waals surface area (Å²) in [7, 11) is 1.60. The van der Waals surface area contributed by atoms with E-state index in [0.29, 0.717) is 45.8 Å². The lowest BCUT2D eigenvalue weighted by molar-refractivity contribution is -0.127. The lowest BCUT2D eigenvalue weighted by Crippen LogP contribution is -2.32. The number of carbonyl (C=O) groups is 4. The minimum Gasteiger partial charge on any atom is -0.447 e. The van der Waals surface area contributed by atoms with E-state index in [9.17, 15) is 19.2 Å². The number of rotatable bonds is 21. The highest BCUT2D eigenvalue weighted by molar-refractivity contribution is 5.89. The minimum atomic E-state index is -0.727. The van der Waals surface area contributed by atoms with Gasteiger partial charge in [-0.3, -0.25) is 14.4 Å². The van der Waals surface area contributed by atoms with E-state index < -0.39 is 6.09 Å². The summed E-state index contributed by atoms with van der Waals surface area (Å²) in [4.78, 5) is 46.6. The second-order valence-corrected chi connectivity index (χ2v) is 6.66. The van der Waals surface area contributed by atoms with E-state index in [2.05, 4.69) is 10.6 Å². The molecular weight excluding hydrogens is 434 g/mol. The van der Waals surface area contributed by atoms with E-state index in [0.717, 1.165) is 12.8 Å². The third kappa shape index (κ3) is 26.1. The van der Waals surface area contributed by atoms with Gasteiger partial charge < -0.3 is 35.3 Å². The van der Waals surface area contributed by atoms with Gasteiger partial charge >= 0.3 is 6.09 Å². The number of carbonyl (C=O) groups excluding carboxylic acids is 4. The Bertz CT molecular complexity index is 518. The summed E-state index contributed by atoms with van der Waals surface area (Å²) in [6.45, 7) is 2.70. The summed E-state index contributed by atoms with van der Waals surface area (Å²) in [5.74, 6) is -0.777. The van der Waals surface area contributed by atoms with Crippen LogP contribution in [0.2, 0.25) is 0 Å². The molecule has 0 aromatic heterocycles. The maximum absolute atomic E-state index is 11.7. The first-order chi connectivity index (χ1) is 15.0. The summed E-state index contributed by atoms with van der Waals surface area (Å²) >= 11 is 0. The maximum Gasteiger partial charge on any atom is 0.407 e. The van der Waals surface area contributed by atoms with E-state index in [1.807, 2.05) is 0 Å². The molecule has 4 N–H and O–H groups in total. The normalized spacial score (nSPS) is 9.88. The Balaban J connectivity index is -0.00000450. The molecule has 0 radical (unpaired) electrons. The number of Topliss-reactive ketones (excluding diaryl/α,β-unsaturated/α-hetero) is 2. The van der Waals surface area contributed by atoms with Crippen LogP contribution in [-0.4, -0.2) is 90.0 Å². The predicted octanol–water partition coefficient (Wildman–Crippen LogP) is 1.22. The van der Waals surface area contributed by atoms with Crippen molar-refractivity contribution < 1.29 is 38.1 Å². The summed E-state index contributed by atoms with van der Waals surface area (Å²) in [6.07, 6.45) is 1.71. The van der Waals surface area contributed by atoms with Crippen LogP contribution >= 0.6 is 0 Å². The van der Waals surface area contributed by atoms with E-state index >= 15 is 0 Å². The van der Waals surface area contributed by atoms with Gasteiger partial charge in [0.25, 0.3) is 0 Å². The van der Waals surface area contributed by atoms with Gasteiger partial charge in [0.1, 0.15) is 6.61 Å². The Morgan fingerprint density at radius 2 is 1.30 bits per heavy atom. The number of unbranched alkanes of at least 4 members (excludes halogenated alkanes) is 1. The minimum absolute atomic E-state index is 0. The average Bonchev–Trinajstić information content (AvgIpc) is 2.76. The molecule has 0 spiro atoms. The molecule has 0 aromatic rings. The van der Waals surface area contributed by atoms with E-state index in [-0.39, 0.29) is 71.5 Å². The van der Waals surface area contributed by atoms with Crippen molar-refractivity contribution >= 4 is 23.6 Å². The van der Waals surface area contributed by atoms with Crippen molar-refractivity contribution in [3.8, 4) is 0 Å². The maximum atomic E-state index is 11.7. The van der Waals surface area contributed by atoms with E-state index in [1.165, 1.54) is 0 Å². The predicted molar refractivity (Wildman–Crippen MR) is 126 cm³/mol. The highest BCUT2D eigenvalue weighted by atomic mass is 16.6. The molecule has 33 heavy (non-hydrogen) atoms. The van der Waals surface area contributed by atoms with Crippen LogP contribution < -0.4 is 16.4 Å². The second-order valence-electron chi connectivity index (χ2n) is 6.66. The molecule has 0 aliphatic rings. The molecule has 11 nitrogen and oxygen atoms in total. The molecule has 0 aliphatic heterocycles. The second kappa shape index (κ2) is 26.2. The number of ketones is 2. The summed E-state index contributed by atoms with van der Waals surface area (Å²) < 4.78 is 20.2. The molecule has 11 heteroatoms. The number of hydrogen-bond donors (Lipinski definition) is 3. The van der Waals surface area contributed by atoms with Gasteiger partial charge in [0.15, 0.2) is 11.6 Å². The SMILES string of the molecule is C.C.COCCOCCCCC(=O)CNC(=O)CCC(=O)CNC(=O)OCCOCCCN. The van der Waals surface area contributed by atoms with Crippen molar-refractivity contribution in [3.05, 3.63) is 0 Å². The van der Waals surface area contributed by atoms with Gasteiger partial charge in [0, 0.05) is 39.6 Å². The average molecular weight is 480 g/mol. The van der Waals surface area contributed by atoms with Gasteiger partial charge in [0.05, 0.1) is 32.9 Å². The van der Waals surface area contributed by atoms with Gasteiger partial charge in [-0.2, -0.15) is 0 Å². The number of nitrogens with one attached hydrogen (secondary N) is 2. The molecular formula is C22H45N3O8. The summed E-state index contributed by atoms with van der Waals surface area (Å²) in [5.41, 5.74) is 5.32. The molecule has 196 valence electrons. The molecule has 0 aliphatic carbocycles. The molecule has 0 saturated heterocycles. The first-order valence-corrected chi connectivity index (χ1v) is 10.5. The molecule has 2 amide bonds. The zero-order valence-electron chi connectivity index (χ0n) is 18.4. The number of ether oxygens (including phenoxy) is 4. The van der Waals surface area contributed by atoms with Crippen LogP contribution in [0, 0.1) is 0 Å². The summed E-state index contributed by atoms with van der Waals surface area (Å²) in [6, 6.07) is 0. The van der Waals surface area contributed by atoms with Gasteiger partial charge in [-0.1, -0.05) is 14.9 Å². The van der Waals surface area contributed by atoms with Crippen molar-refractivity contribution in [2.75, 3.05) is 66.4 Å². The zero-order chi connectivity index (χ0) is 23.2. The van der Waals surface area contributed by atoms with Crippen LogP contribution in [-0.2, 0) is 33.3 Å². The third-order valence-electron chi connectivity index (χ3n) is 3.92. The van der Waals surface area contributed by atoms with Crippen LogP contribution in [0.25, 0.3) is 0 Å². The number of hydrogen-bond acceptors (Lipinski definition) is 9. The number of methoxy groups -OCH3 is 1. The molecule has 0 atom stereocenters. The van der Waals surface area contributed by atoms with E-state index in [4.69, 9.17) is 24.7 Å². The fourth-order valence-corrected chi connectivity index (χ4v) is 2.19. The van der Waals surface area contributed by atoms with Crippen LogP contribution in [0.3, 0.4) is 0 Å². The molecule has 0 saturated carbocycles. The Morgan fingerprint density at radius 1 is 0.697 bits per heavy atom. The van der Waals surface area contributed by atoms with Gasteiger partial charge in [-0.05, 0) is 25.8 Å². The van der Waals surface area contributed by atoms with Gasteiger partial charge in [0.2, 0.25) is 5.91 Å². The highest BCUT2D eigenvalue weighted by Crippen LogP contribution is 1.98. The first kappa shape index (κ1) is 35.5. The Labute approximate surface area is 198 Å². The Kier molecular flexibility index (Phi) is 28.2. The monoisotopic (exact) mass is 479 g/mol. The zero-order valence-corrected chi connectivity index (χ0v) is 18.4. The number of alkyl carbamates (subject to hydrolysis) is 1. The lowest BCUT2D eigenvalue weighted by atomic mass is 10.1. The van der Waals surface area contributed by atoms with Crippen LogP contribution in [0.5, 0.6) is 0 Å². The quantitative estimate of drug-likeness (QED) is 0.206. The van der Waals surface area contributed by atoms with Crippen LogP contribution in [0.15, 0.2) is 0 Å². The molecule has 0 heterocycles. The van der Waals surface area contributed by atoms with Crippen molar-refractivity contribution in [2.45, 2.75) is 53.4 Å². The third-order valence-corrected chi connectivity index (χ3v) is 3.92. The van der Waals surface area contributed by atoms with Gasteiger partial charge in [-0.15, -0.1) is 0 Å². The van der Waals surface area contributed by atoms with Crippen molar-refractivity contribution in [2.24, 2.45) is 5.73 Å². The molecule has 0 fully saturated rings. The Morgan fingerprint density at radius 3 is 1.97 bits per heavy atom. The summed E-state index contributed by atoms with van der Waals surface area (Å²) in [5, 5.41) is 4.81. The van der Waals surface area contributed by atoms with Gasteiger partial charge in [-0.25, -0.2) is 4.79 Å². The smallest absolute Gasteiger partial charge is 0.407 e. The Hall–Kier alpha value is -2.08. The highest BCUT2D eigenvalue weighted by Gasteiger charge is 2.10. The fraction of sp³-hybridized carbons (Fsp3) is 0.818. The van der Waals surface area contributed by atoms with Crippen LogP contribution in [0.4, 0.5) is 4.79 Å². The van der Waals surface area contributed by atoms with Crippen molar-refractivity contribution in [1.82, 2.24) is 10.6 Å². The molecule has 0 rings (SSSR count). The topological polar surface area (TPSA) is 155 Å². The van der Waals surface area contributed by atoms with E-state index in [1.54, 1.807) is 7.11 Å². The van der Waals surface area contributed by atoms with Crippen molar-refractivity contribution in [1.29, 1.82) is 0 Å². The fourth-order valence-electron chi connectivity index (χ4n) is 2.19. The first-order valence-electron chi connectivity index (χ1n) is 10.5. The largest absolute Gasteiger partial charge is 0.447 e. The standard InChI is InChI=1S/C20H37N3O8.2CH4/c1-28-11-12-29-9-3-2-5-17(24)15-22-19(26)7-6-18(25)16-23-20(27)31-14-13-30-10-4-8-21;;/h2-16,21H2,1H3,(H,22,26)(H,23,27);2*1H4.